The SMILES string of the molecule is CCOC(=O)c1cc(C(C)O)ccn1. The van der Waals surface area contributed by atoms with Crippen LogP contribution in [-0.4, -0.2) is 22.7 Å². The van der Waals surface area contributed by atoms with Gasteiger partial charge in [0, 0.05) is 6.20 Å². The van der Waals surface area contributed by atoms with Crippen LogP contribution < -0.4 is 0 Å². The van der Waals surface area contributed by atoms with Crippen LogP contribution in [0.15, 0.2) is 18.3 Å². The Morgan fingerprint density at radius 3 is 3.00 bits per heavy atom. The largest absolute Gasteiger partial charge is 0.461 e. The lowest BCUT2D eigenvalue weighted by atomic mass is 10.1. The Bertz CT molecular complexity index is 323. The van der Waals surface area contributed by atoms with E-state index < -0.39 is 12.1 Å². The van der Waals surface area contributed by atoms with Crippen molar-refractivity contribution in [3.63, 3.8) is 0 Å². The molecule has 1 aromatic heterocycles. The van der Waals surface area contributed by atoms with E-state index in [0.29, 0.717) is 12.2 Å². The Balaban J connectivity index is 2.88. The molecule has 4 heteroatoms. The molecule has 1 unspecified atom stereocenters. The first-order chi connectivity index (χ1) is 6.65. The summed E-state index contributed by atoms with van der Waals surface area (Å²) >= 11 is 0. The molecule has 1 heterocycles. The zero-order valence-corrected chi connectivity index (χ0v) is 8.23. The van der Waals surface area contributed by atoms with Gasteiger partial charge in [0.1, 0.15) is 5.69 Å². The standard InChI is InChI=1S/C10H13NO3/c1-3-14-10(13)9-6-8(7(2)12)4-5-11-9/h4-7,12H,3H2,1-2H3. The van der Waals surface area contributed by atoms with Crippen LogP contribution in [0.25, 0.3) is 0 Å². The number of hydrogen-bond donors (Lipinski definition) is 1. The van der Waals surface area contributed by atoms with Crippen molar-refractivity contribution in [1.29, 1.82) is 0 Å². The van der Waals surface area contributed by atoms with Crippen LogP contribution in [0.2, 0.25) is 0 Å². The van der Waals surface area contributed by atoms with Crippen LogP contribution in [0.4, 0.5) is 0 Å². The molecular weight excluding hydrogens is 182 g/mol. The molecule has 14 heavy (non-hydrogen) atoms. The molecule has 0 saturated heterocycles. The highest BCUT2D eigenvalue weighted by molar-refractivity contribution is 5.87. The number of carbonyl (C=O) groups excluding carboxylic acids is 1. The molecule has 0 aliphatic rings. The topological polar surface area (TPSA) is 59.4 Å². The van der Waals surface area contributed by atoms with Gasteiger partial charge >= 0.3 is 5.97 Å². The minimum Gasteiger partial charge on any atom is -0.461 e. The van der Waals surface area contributed by atoms with E-state index in [1.54, 1.807) is 19.9 Å². The molecule has 0 aliphatic heterocycles. The van der Waals surface area contributed by atoms with E-state index >= 15 is 0 Å². The Morgan fingerprint density at radius 1 is 1.71 bits per heavy atom. The van der Waals surface area contributed by atoms with Gasteiger partial charge in [0.25, 0.3) is 0 Å². The first-order valence-corrected chi connectivity index (χ1v) is 4.46. The predicted molar refractivity (Wildman–Crippen MR) is 50.8 cm³/mol. The molecule has 0 bridgehead atoms. The molecular formula is C10H13NO3. The molecule has 0 radical (unpaired) electrons. The van der Waals surface area contributed by atoms with E-state index in [9.17, 15) is 9.90 Å². The Labute approximate surface area is 82.5 Å². The second-order valence-electron chi connectivity index (χ2n) is 2.87. The fourth-order valence-corrected chi connectivity index (χ4v) is 1.02. The first kappa shape index (κ1) is 10.7. The molecule has 1 aromatic rings. The maximum Gasteiger partial charge on any atom is 0.356 e. The first-order valence-electron chi connectivity index (χ1n) is 4.46. The average molecular weight is 195 g/mol. The zero-order chi connectivity index (χ0) is 10.6. The molecule has 4 nitrogen and oxygen atoms in total. The molecule has 1 atom stereocenters. The predicted octanol–water partition coefficient (Wildman–Crippen LogP) is 1.31. The van der Waals surface area contributed by atoms with Gasteiger partial charge in [-0.3, -0.25) is 0 Å². The van der Waals surface area contributed by atoms with Gasteiger partial charge in [-0.15, -0.1) is 0 Å². The number of carbonyl (C=O) groups is 1. The summed E-state index contributed by atoms with van der Waals surface area (Å²) in [6.45, 7) is 3.68. The lowest BCUT2D eigenvalue weighted by molar-refractivity contribution is 0.0519. The Hall–Kier alpha value is -1.42. The van der Waals surface area contributed by atoms with E-state index in [1.807, 2.05) is 0 Å². The van der Waals surface area contributed by atoms with Crippen LogP contribution in [0.3, 0.4) is 0 Å². The van der Waals surface area contributed by atoms with E-state index in [0.717, 1.165) is 0 Å². The number of aliphatic hydroxyl groups excluding tert-OH is 1. The van der Waals surface area contributed by atoms with Gasteiger partial charge in [0.15, 0.2) is 0 Å². The van der Waals surface area contributed by atoms with E-state index in [1.165, 1.54) is 12.3 Å². The number of aliphatic hydroxyl groups is 1. The van der Waals surface area contributed by atoms with Gasteiger partial charge in [0.2, 0.25) is 0 Å². The van der Waals surface area contributed by atoms with Crippen molar-refractivity contribution in [2.24, 2.45) is 0 Å². The fourth-order valence-electron chi connectivity index (χ4n) is 1.02. The number of rotatable bonds is 3. The van der Waals surface area contributed by atoms with Crippen LogP contribution in [0.5, 0.6) is 0 Å². The number of ether oxygens (including phenoxy) is 1. The normalized spacial score (nSPS) is 12.2. The number of hydrogen-bond acceptors (Lipinski definition) is 4. The molecule has 1 rings (SSSR count). The fraction of sp³-hybridized carbons (Fsp3) is 0.400. The van der Waals surface area contributed by atoms with Crippen molar-refractivity contribution in [2.75, 3.05) is 6.61 Å². The Kier molecular flexibility index (Phi) is 3.59. The van der Waals surface area contributed by atoms with Crippen molar-refractivity contribution in [3.05, 3.63) is 29.6 Å². The number of aromatic nitrogens is 1. The van der Waals surface area contributed by atoms with Gasteiger partial charge in [-0.1, -0.05) is 0 Å². The van der Waals surface area contributed by atoms with Gasteiger partial charge in [0.05, 0.1) is 12.7 Å². The summed E-state index contributed by atoms with van der Waals surface area (Å²) in [5.41, 5.74) is 0.883. The van der Waals surface area contributed by atoms with Crippen molar-refractivity contribution >= 4 is 5.97 Å². The zero-order valence-electron chi connectivity index (χ0n) is 8.23. The summed E-state index contributed by atoms with van der Waals surface area (Å²) in [6.07, 6.45) is 0.875. The van der Waals surface area contributed by atoms with E-state index in [4.69, 9.17) is 4.74 Å². The van der Waals surface area contributed by atoms with Crippen LogP contribution in [0.1, 0.15) is 36.0 Å². The van der Waals surface area contributed by atoms with Crippen molar-refractivity contribution in [1.82, 2.24) is 4.98 Å². The molecule has 0 aliphatic carbocycles. The second kappa shape index (κ2) is 4.72. The molecule has 1 N–H and O–H groups in total. The molecule has 0 amide bonds. The van der Waals surface area contributed by atoms with E-state index in [2.05, 4.69) is 4.98 Å². The van der Waals surface area contributed by atoms with Gasteiger partial charge in [-0.2, -0.15) is 0 Å². The minimum absolute atomic E-state index is 0.227. The van der Waals surface area contributed by atoms with Gasteiger partial charge in [-0.25, -0.2) is 9.78 Å². The average Bonchev–Trinajstić information content (AvgIpc) is 2.18. The monoisotopic (exact) mass is 195 g/mol. The number of nitrogens with zero attached hydrogens (tertiary/aromatic N) is 1. The number of esters is 1. The summed E-state index contributed by atoms with van der Waals surface area (Å²) in [6, 6.07) is 3.19. The van der Waals surface area contributed by atoms with Gasteiger partial charge < -0.3 is 9.84 Å². The summed E-state index contributed by atoms with van der Waals surface area (Å²) in [7, 11) is 0. The van der Waals surface area contributed by atoms with Crippen LogP contribution in [-0.2, 0) is 4.74 Å². The van der Waals surface area contributed by atoms with Crippen molar-refractivity contribution < 1.29 is 14.6 Å². The maximum absolute atomic E-state index is 11.3. The lowest BCUT2D eigenvalue weighted by Gasteiger charge is -2.05. The summed E-state index contributed by atoms with van der Waals surface area (Å²) < 4.78 is 4.78. The molecule has 0 fully saturated rings. The highest BCUT2D eigenvalue weighted by Gasteiger charge is 2.10. The lowest BCUT2D eigenvalue weighted by Crippen LogP contribution is -2.07. The highest BCUT2D eigenvalue weighted by atomic mass is 16.5. The third kappa shape index (κ3) is 2.53. The highest BCUT2D eigenvalue weighted by Crippen LogP contribution is 2.12. The molecule has 76 valence electrons. The minimum atomic E-state index is -0.605. The van der Waals surface area contributed by atoms with Crippen molar-refractivity contribution in [3.8, 4) is 0 Å². The van der Waals surface area contributed by atoms with E-state index in [-0.39, 0.29) is 5.69 Å². The third-order valence-corrected chi connectivity index (χ3v) is 1.75. The summed E-state index contributed by atoms with van der Waals surface area (Å²) in [5, 5.41) is 9.28. The van der Waals surface area contributed by atoms with Gasteiger partial charge in [-0.05, 0) is 31.5 Å². The van der Waals surface area contributed by atoms with Crippen LogP contribution in [0, 0.1) is 0 Å². The Morgan fingerprint density at radius 2 is 2.43 bits per heavy atom. The summed E-state index contributed by atoms with van der Waals surface area (Å²) in [4.78, 5) is 15.1. The quantitative estimate of drug-likeness (QED) is 0.739. The van der Waals surface area contributed by atoms with Crippen LogP contribution >= 0.6 is 0 Å². The third-order valence-electron chi connectivity index (χ3n) is 1.75. The molecule has 0 aromatic carbocycles. The second-order valence-corrected chi connectivity index (χ2v) is 2.87. The number of pyridine rings is 1. The molecule has 0 saturated carbocycles. The van der Waals surface area contributed by atoms with Crippen molar-refractivity contribution in [2.45, 2.75) is 20.0 Å². The molecule has 0 spiro atoms. The maximum atomic E-state index is 11.3. The smallest absolute Gasteiger partial charge is 0.356 e. The summed E-state index contributed by atoms with van der Waals surface area (Å²) in [5.74, 6) is -0.463.